The van der Waals surface area contributed by atoms with E-state index in [9.17, 15) is 4.79 Å². The summed E-state index contributed by atoms with van der Waals surface area (Å²) in [6, 6.07) is 7.62. The second-order valence-corrected chi connectivity index (χ2v) is 3.58. The molecule has 0 saturated heterocycles. The highest BCUT2D eigenvalue weighted by atomic mass is 35.5. The molecule has 0 aliphatic carbocycles. The van der Waals surface area contributed by atoms with Gasteiger partial charge in [-0.25, -0.2) is 0 Å². The molecule has 15 heavy (non-hydrogen) atoms. The number of benzene rings is 1. The molecule has 3 nitrogen and oxygen atoms in total. The molecule has 0 radical (unpaired) electrons. The van der Waals surface area contributed by atoms with Gasteiger partial charge in [-0.1, -0.05) is 12.1 Å². The highest BCUT2D eigenvalue weighted by Gasteiger charge is 2.19. The lowest BCUT2D eigenvalue weighted by molar-refractivity contribution is 0.107. The van der Waals surface area contributed by atoms with Gasteiger partial charge in [0.05, 0.1) is 12.6 Å². The first-order valence-corrected chi connectivity index (χ1v) is 4.86. The van der Waals surface area contributed by atoms with E-state index in [4.69, 9.17) is 16.3 Å². The lowest BCUT2D eigenvalue weighted by Gasteiger charge is -2.00. The average Bonchev–Trinajstić information content (AvgIpc) is 2.52. The molecule has 2 rings (SSSR count). The Labute approximate surface area is 92.2 Å². The molecule has 0 spiro atoms. The first kappa shape index (κ1) is 10.1. The number of carbonyl (C=O) groups is 1. The number of methoxy groups -OCH3 is 1. The molecule has 0 fully saturated rings. The summed E-state index contributed by atoms with van der Waals surface area (Å²) in [4.78, 5) is 11.3. The SMILES string of the molecule is COc1c(C(=O)Cl)n(C)c2ccccc12. The van der Waals surface area contributed by atoms with Crippen molar-refractivity contribution in [3.8, 4) is 5.75 Å². The normalized spacial score (nSPS) is 10.6. The van der Waals surface area contributed by atoms with Crippen LogP contribution in [-0.2, 0) is 7.05 Å². The molecular weight excluding hydrogens is 214 g/mol. The van der Waals surface area contributed by atoms with E-state index in [1.54, 1.807) is 11.6 Å². The van der Waals surface area contributed by atoms with Crippen LogP contribution in [0.1, 0.15) is 10.5 Å². The topological polar surface area (TPSA) is 31.2 Å². The van der Waals surface area contributed by atoms with Crippen LogP contribution in [0.2, 0.25) is 0 Å². The van der Waals surface area contributed by atoms with Gasteiger partial charge in [-0.05, 0) is 23.7 Å². The van der Waals surface area contributed by atoms with Crippen LogP contribution in [0.15, 0.2) is 24.3 Å². The van der Waals surface area contributed by atoms with E-state index in [0.717, 1.165) is 10.9 Å². The Bertz CT molecular complexity index is 531. The van der Waals surface area contributed by atoms with Crippen molar-refractivity contribution in [1.82, 2.24) is 4.57 Å². The first-order valence-electron chi connectivity index (χ1n) is 4.48. The van der Waals surface area contributed by atoms with E-state index in [2.05, 4.69) is 0 Å². The summed E-state index contributed by atoms with van der Waals surface area (Å²) in [6.45, 7) is 0. The maximum atomic E-state index is 11.3. The molecule has 4 heteroatoms. The summed E-state index contributed by atoms with van der Waals surface area (Å²) in [5, 5.41) is 0.386. The minimum atomic E-state index is -0.509. The second kappa shape index (κ2) is 3.59. The lowest BCUT2D eigenvalue weighted by atomic mass is 10.2. The van der Waals surface area contributed by atoms with Crippen LogP contribution in [0.3, 0.4) is 0 Å². The molecule has 0 N–H and O–H groups in total. The largest absolute Gasteiger partial charge is 0.494 e. The smallest absolute Gasteiger partial charge is 0.272 e. The van der Waals surface area contributed by atoms with Crippen LogP contribution < -0.4 is 4.74 Å². The number of fused-ring (bicyclic) bond motifs is 1. The van der Waals surface area contributed by atoms with Crippen molar-refractivity contribution in [1.29, 1.82) is 0 Å². The third-order valence-corrected chi connectivity index (χ3v) is 2.63. The van der Waals surface area contributed by atoms with Gasteiger partial charge in [0, 0.05) is 12.4 Å². The third-order valence-electron chi connectivity index (χ3n) is 2.45. The van der Waals surface area contributed by atoms with Crippen molar-refractivity contribution in [3.05, 3.63) is 30.0 Å². The number of carbonyl (C=O) groups excluding carboxylic acids is 1. The summed E-state index contributed by atoms with van der Waals surface area (Å²) in [5.74, 6) is 0.535. The van der Waals surface area contributed by atoms with E-state index < -0.39 is 5.24 Å². The molecule has 1 aromatic carbocycles. The minimum absolute atomic E-state index is 0.389. The molecule has 0 amide bonds. The highest BCUT2D eigenvalue weighted by Crippen LogP contribution is 2.32. The van der Waals surface area contributed by atoms with Crippen LogP contribution in [0.4, 0.5) is 0 Å². The van der Waals surface area contributed by atoms with Crippen molar-refractivity contribution >= 4 is 27.7 Å². The predicted octanol–water partition coefficient (Wildman–Crippen LogP) is 2.57. The number of aromatic nitrogens is 1. The number of halogens is 1. The van der Waals surface area contributed by atoms with Gasteiger partial charge in [-0.3, -0.25) is 4.79 Å². The molecule has 1 aromatic heterocycles. The van der Waals surface area contributed by atoms with E-state index >= 15 is 0 Å². The van der Waals surface area contributed by atoms with Crippen LogP contribution in [0.5, 0.6) is 5.75 Å². The van der Waals surface area contributed by atoms with E-state index in [0.29, 0.717) is 11.4 Å². The monoisotopic (exact) mass is 223 g/mol. The molecule has 0 bridgehead atoms. The Morgan fingerprint density at radius 2 is 2.07 bits per heavy atom. The number of ether oxygens (including phenoxy) is 1. The van der Waals surface area contributed by atoms with Gasteiger partial charge in [-0.15, -0.1) is 0 Å². The zero-order valence-corrected chi connectivity index (χ0v) is 9.21. The maximum absolute atomic E-state index is 11.3. The van der Waals surface area contributed by atoms with Gasteiger partial charge in [0.15, 0.2) is 5.75 Å². The number of hydrogen-bond donors (Lipinski definition) is 0. The summed E-state index contributed by atoms with van der Waals surface area (Å²) >= 11 is 5.52. The fourth-order valence-electron chi connectivity index (χ4n) is 1.79. The van der Waals surface area contributed by atoms with Gasteiger partial charge in [0.25, 0.3) is 5.24 Å². The van der Waals surface area contributed by atoms with Crippen molar-refractivity contribution in [3.63, 3.8) is 0 Å². The summed E-state index contributed by atoms with van der Waals surface area (Å²) < 4.78 is 6.95. The van der Waals surface area contributed by atoms with Gasteiger partial charge in [0.1, 0.15) is 5.69 Å². The molecule has 0 saturated carbocycles. The lowest BCUT2D eigenvalue weighted by Crippen LogP contribution is -2.01. The van der Waals surface area contributed by atoms with Crippen molar-refractivity contribution in [2.24, 2.45) is 7.05 Å². The molecule has 0 atom stereocenters. The average molecular weight is 224 g/mol. The summed E-state index contributed by atoms with van der Waals surface area (Å²) in [6.07, 6.45) is 0. The maximum Gasteiger partial charge on any atom is 0.272 e. The molecule has 0 aliphatic heterocycles. The number of aryl methyl sites for hydroxylation is 1. The minimum Gasteiger partial charge on any atom is -0.494 e. The summed E-state index contributed by atoms with van der Waals surface area (Å²) in [5.41, 5.74) is 1.32. The molecule has 0 aliphatic rings. The number of hydrogen-bond acceptors (Lipinski definition) is 2. The van der Waals surface area contributed by atoms with Crippen molar-refractivity contribution < 1.29 is 9.53 Å². The summed E-state index contributed by atoms with van der Waals surface area (Å²) in [7, 11) is 3.32. The van der Waals surface area contributed by atoms with Crippen LogP contribution in [0, 0.1) is 0 Å². The Kier molecular flexibility index (Phi) is 2.40. The molecule has 78 valence electrons. The first-order chi connectivity index (χ1) is 7.16. The fourth-order valence-corrected chi connectivity index (χ4v) is 2.00. The Balaban J connectivity index is 2.90. The second-order valence-electron chi connectivity index (χ2n) is 3.23. The van der Waals surface area contributed by atoms with Gasteiger partial charge in [0.2, 0.25) is 0 Å². The standard InChI is InChI=1S/C11H10ClNO2/c1-13-8-6-4-3-5-7(8)10(15-2)9(13)11(12)14/h3-6H,1-2H3. The van der Waals surface area contributed by atoms with Gasteiger partial charge >= 0.3 is 0 Å². The fraction of sp³-hybridized carbons (Fsp3) is 0.182. The number of nitrogens with zero attached hydrogens (tertiary/aromatic N) is 1. The molecule has 0 unspecified atom stereocenters. The van der Waals surface area contributed by atoms with Gasteiger partial charge in [-0.2, -0.15) is 0 Å². The molecular formula is C11H10ClNO2. The molecule has 2 aromatic rings. The quantitative estimate of drug-likeness (QED) is 0.733. The Morgan fingerprint density at radius 1 is 1.40 bits per heavy atom. The van der Waals surface area contributed by atoms with Crippen molar-refractivity contribution in [2.75, 3.05) is 7.11 Å². The Morgan fingerprint density at radius 3 is 2.67 bits per heavy atom. The van der Waals surface area contributed by atoms with Crippen molar-refractivity contribution in [2.45, 2.75) is 0 Å². The number of para-hydroxylation sites is 1. The Hall–Kier alpha value is -1.48. The predicted molar refractivity (Wildman–Crippen MR) is 59.7 cm³/mol. The van der Waals surface area contributed by atoms with Gasteiger partial charge < -0.3 is 9.30 Å². The van der Waals surface area contributed by atoms with Crippen LogP contribution in [0.25, 0.3) is 10.9 Å². The highest BCUT2D eigenvalue weighted by molar-refractivity contribution is 6.68. The zero-order chi connectivity index (χ0) is 11.0. The van der Waals surface area contributed by atoms with E-state index in [1.165, 1.54) is 7.11 Å². The zero-order valence-electron chi connectivity index (χ0n) is 8.45. The van der Waals surface area contributed by atoms with E-state index in [-0.39, 0.29) is 0 Å². The number of rotatable bonds is 2. The van der Waals surface area contributed by atoms with Crippen LogP contribution in [-0.4, -0.2) is 16.9 Å². The molecule has 1 heterocycles. The third kappa shape index (κ3) is 1.39. The van der Waals surface area contributed by atoms with E-state index in [1.807, 2.05) is 24.3 Å². The van der Waals surface area contributed by atoms with Crippen LogP contribution >= 0.6 is 11.6 Å².